The minimum Gasteiger partial charge on any atom is -0.542 e. The fraction of sp³-hybridized carbons (Fsp3) is 0.278. The molecule has 0 radical (unpaired) electrons. The third-order valence-corrected chi connectivity index (χ3v) is 3.83. The van der Waals surface area contributed by atoms with Crippen LogP contribution in [-0.4, -0.2) is 30.3 Å². The minimum atomic E-state index is -2.92. The summed E-state index contributed by atoms with van der Waals surface area (Å²) in [5.41, 5.74) is 3.21. The third kappa shape index (κ3) is 4.32. The highest BCUT2D eigenvalue weighted by molar-refractivity contribution is 6.47. The number of aromatic nitrogens is 1. The van der Waals surface area contributed by atoms with Crippen molar-refractivity contribution in [1.82, 2.24) is 4.98 Å². The number of hydrogen-bond acceptors (Lipinski definition) is 5. The zero-order valence-electron chi connectivity index (χ0n) is 14.2. The summed E-state index contributed by atoms with van der Waals surface area (Å²) in [5, 5.41) is 9.48. The van der Waals surface area contributed by atoms with Gasteiger partial charge < -0.3 is 19.2 Å². The number of halogens is 2. The van der Waals surface area contributed by atoms with Gasteiger partial charge in [-0.1, -0.05) is 13.0 Å². The first-order valence-electron chi connectivity index (χ1n) is 8.27. The van der Waals surface area contributed by atoms with Crippen LogP contribution < -0.4 is 9.47 Å². The summed E-state index contributed by atoms with van der Waals surface area (Å²) in [5.74, 6) is 0.255. The Kier molecular flexibility index (Phi) is 5.73. The van der Waals surface area contributed by atoms with Crippen molar-refractivity contribution in [3.63, 3.8) is 0 Å². The molecule has 0 spiro atoms. The van der Waals surface area contributed by atoms with Gasteiger partial charge in [-0.2, -0.15) is 8.78 Å². The van der Waals surface area contributed by atoms with Gasteiger partial charge in [0.05, 0.1) is 12.9 Å². The summed E-state index contributed by atoms with van der Waals surface area (Å²) < 4.78 is 40.3. The number of rotatable bonds is 7. The lowest BCUT2D eigenvalue weighted by Crippen LogP contribution is -2.08. The summed E-state index contributed by atoms with van der Waals surface area (Å²) in [6.45, 7) is -0.601. The maximum absolute atomic E-state index is 12.6. The van der Waals surface area contributed by atoms with E-state index >= 15 is 0 Å². The lowest BCUT2D eigenvalue weighted by Gasteiger charge is -2.13. The molecule has 1 aliphatic rings. The molecule has 2 heterocycles. The molecule has 8 heteroatoms. The van der Waals surface area contributed by atoms with E-state index in [0.29, 0.717) is 12.9 Å². The molecular formula is C18H18BF2NO4. The van der Waals surface area contributed by atoms with E-state index in [-0.39, 0.29) is 11.5 Å². The Labute approximate surface area is 150 Å². The van der Waals surface area contributed by atoms with Crippen LogP contribution in [0.1, 0.15) is 18.9 Å². The average Bonchev–Trinajstić information content (AvgIpc) is 3.07. The number of hydrogen-bond donors (Lipinski definition) is 1. The summed E-state index contributed by atoms with van der Waals surface area (Å²) in [7, 11) is -0.839. The summed E-state index contributed by atoms with van der Waals surface area (Å²) in [6, 6.07) is 6.68. The van der Waals surface area contributed by atoms with Crippen molar-refractivity contribution >= 4 is 12.7 Å². The number of ether oxygens (including phenoxy) is 2. The van der Waals surface area contributed by atoms with Crippen LogP contribution in [0.2, 0.25) is 6.32 Å². The maximum Gasteiger partial charge on any atom is 0.526 e. The van der Waals surface area contributed by atoms with Crippen molar-refractivity contribution in [2.45, 2.75) is 26.3 Å². The molecule has 26 heavy (non-hydrogen) atoms. The lowest BCUT2D eigenvalue weighted by molar-refractivity contribution is -0.0514. The molecule has 1 aliphatic heterocycles. The molecule has 1 N–H and O–H groups in total. The molecule has 0 atom stereocenters. The van der Waals surface area contributed by atoms with E-state index in [9.17, 15) is 13.8 Å². The van der Waals surface area contributed by atoms with Crippen LogP contribution in [0.4, 0.5) is 8.78 Å². The molecule has 0 bridgehead atoms. The molecule has 1 aromatic heterocycles. The van der Waals surface area contributed by atoms with Crippen LogP contribution in [0, 0.1) is 0 Å². The van der Waals surface area contributed by atoms with Gasteiger partial charge in [0.2, 0.25) is 0 Å². The second-order valence-corrected chi connectivity index (χ2v) is 5.79. The van der Waals surface area contributed by atoms with Crippen LogP contribution in [-0.2, 0) is 4.65 Å². The van der Waals surface area contributed by atoms with E-state index in [1.165, 1.54) is 12.3 Å². The number of benzene rings is 1. The van der Waals surface area contributed by atoms with Crippen LogP contribution in [0.3, 0.4) is 0 Å². The van der Waals surface area contributed by atoms with Crippen LogP contribution in [0.25, 0.3) is 16.7 Å². The standard InChI is InChI=1S/C18H18BF2NO4/c1-2-5-24-17-7-12(3-4-16(17)26-18(20)21)13-6-14(10-22-9-13)15-8-19(23)25-11-15/h3-4,6-7,9-11,18,23H,2,5,8H2,1H3. The molecule has 2 aromatic rings. The van der Waals surface area contributed by atoms with Gasteiger partial charge >= 0.3 is 13.7 Å². The van der Waals surface area contributed by atoms with Gasteiger partial charge in [-0.3, -0.25) is 4.98 Å². The van der Waals surface area contributed by atoms with Gasteiger partial charge in [0.1, 0.15) is 0 Å². The van der Waals surface area contributed by atoms with Crippen molar-refractivity contribution in [3.05, 3.63) is 48.5 Å². The highest BCUT2D eigenvalue weighted by atomic mass is 19.3. The number of pyridine rings is 1. The first kappa shape index (κ1) is 18.2. The van der Waals surface area contributed by atoms with Crippen molar-refractivity contribution in [3.8, 4) is 22.6 Å². The van der Waals surface area contributed by atoms with Crippen molar-refractivity contribution in [2.24, 2.45) is 0 Å². The normalized spacial score (nSPS) is 13.6. The minimum absolute atomic E-state index is 0.00339. The largest absolute Gasteiger partial charge is 0.542 e. The molecule has 5 nitrogen and oxygen atoms in total. The molecule has 0 fully saturated rings. The fourth-order valence-electron chi connectivity index (χ4n) is 2.61. The molecule has 0 amide bonds. The average molecular weight is 361 g/mol. The molecule has 1 aromatic carbocycles. The van der Waals surface area contributed by atoms with E-state index in [2.05, 4.69) is 9.72 Å². The van der Waals surface area contributed by atoms with Crippen molar-refractivity contribution < 1.29 is 27.9 Å². The van der Waals surface area contributed by atoms with E-state index in [4.69, 9.17) is 9.39 Å². The number of alkyl halides is 2. The second-order valence-electron chi connectivity index (χ2n) is 5.79. The topological polar surface area (TPSA) is 60.8 Å². The van der Waals surface area contributed by atoms with Gasteiger partial charge in [-0.25, -0.2) is 0 Å². The molecule has 0 aliphatic carbocycles. The van der Waals surface area contributed by atoms with Gasteiger partial charge in [0.15, 0.2) is 11.5 Å². The Morgan fingerprint density at radius 1 is 1.19 bits per heavy atom. The van der Waals surface area contributed by atoms with Crippen LogP contribution in [0.15, 0.2) is 42.9 Å². The van der Waals surface area contributed by atoms with Crippen molar-refractivity contribution in [2.75, 3.05) is 6.61 Å². The SMILES string of the molecule is CCCOc1cc(-c2cncc(C3=COB(O)C3)c2)ccc1OC(F)F. The van der Waals surface area contributed by atoms with Crippen molar-refractivity contribution in [1.29, 1.82) is 0 Å². The van der Waals surface area contributed by atoms with Gasteiger partial charge in [-0.05, 0) is 41.3 Å². The van der Waals surface area contributed by atoms with Gasteiger partial charge in [-0.15, -0.1) is 0 Å². The molecular weight excluding hydrogens is 343 g/mol. The highest BCUT2D eigenvalue weighted by Gasteiger charge is 2.24. The third-order valence-electron chi connectivity index (χ3n) is 3.83. The Morgan fingerprint density at radius 3 is 2.69 bits per heavy atom. The molecule has 0 unspecified atom stereocenters. The molecule has 3 rings (SSSR count). The Bertz CT molecular complexity index is 801. The van der Waals surface area contributed by atoms with E-state index < -0.39 is 13.7 Å². The predicted molar refractivity (Wildman–Crippen MR) is 93.9 cm³/mol. The quantitative estimate of drug-likeness (QED) is 0.756. The Balaban J connectivity index is 1.91. The highest BCUT2D eigenvalue weighted by Crippen LogP contribution is 2.35. The summed E-state index contributed by atoms with van der Waals surface area (Å²) in [4.78, 5) is 4.22. The van der Waals surface area contributed by atoms with E-state index in [0.717, 1.165) is 28.7 Å². The summed E-state index contributed by atoms with van der Waals surface area (Å²) in [6.07, 6.45) is 5.99. The zero-order chi connectivity index (χ0) is 18.5. The lowest BCUT2D eigenvalue weighted by atomic mass is 9.82. The first-order chi connectivity index (χ1) is 12.6. The van der Waals surface area contributed by atoms with Gasteiger partial charge in [0, 0.05) is 24.3 Å². The van der Waals surface area contributed by atoms with Crippen LogP contribution in [0.5, 0.6) is 11.5 Å². The molecule has 136 valence electrons. The fourth-order valence-corrected chi connectivity index (χ4v) is 2.61. The smallest absolute Gasteiger partial charge is 0.526 e. The molecule has 0 saturated carbocycles. The first-order valence-corrected chi connectivity index (χ1v) is 8.27. The number of nitrogens with zero attached hydrogens (tertiary/aromatic N) is 1. The number of allylic oxidation sites excluding steroid dienone is 1. The monoisotopic (exact) mass is 361 g/mol. The predicted octanol–water partition coefficient (Wildman–Crippen LogP) is 3.99. The van der Waals surface area contributed by atoms with E-state index in [1.807, 2.05) is 13.0 Å². The zero-order valence-corrected chi connectivity index (χ0v) is 14.2. The van der Waals surface area contributed by atoms with Gasteiger partial charge in [0.25, 0.3) is 0 Å². The van der Waals surface area contributed by atoms with E-state index in [1.54, 1.807) is 24.5 Å². The maximum atomic E-state index is 12.6. The summed E-state index contributed by atoms with van der Waals surface area (Å²) >= 11 is 0. The van der Waals surface area contributed by atoms with Crippen LogP contribution >= 0.6 is 0 Å². The Morgan fingerprint density at radius 2 is 2.00 bits per heavy atom. The second kappa shape index (κ2) is 8.18. The Hall–Kier alpha value is -2.61. The molecule has 0 saturated heterocycles.